The summed E-state index contributed by atoms with van der Waals surface area (Å²) in [5.74, 6) is 0.434. The number of fused-ring (bicyclic) bond motifs is 3. The second-order valence-electron chi connectivity index (χ2n) is 9.76. The first-order valence-electron chi connectivity index (χ1n) is 11.8. The fraction of sp³-hybridized carbons (Fsp3) is 0.462. The van der Waals surface area contributed by atoms with Crippen LogP contribution in [0.3, 0.4) is 0 Å². The van der Waals surface area contributed by atoms with Gasteiger partial charge in [0, 0.05) is 21.6 Å². The largest absolute Gasteiger partial charge is 0.351 e. The number of carbonyl (C=O) groups excluding carboxylic acids is 2. The number of hydrogen-bond donors (Lipinski definition) is 1. The van der Waals surface area contributed by atoms with Crippen LogP contribution in [-0.2, 0) is 17.8 Å². The molecule has 2 amide bonds. The molecule has 1 saturated carbocycles. The zero-order chi connectivity index (χ0) is 23.3. The third kappa shape index (κ3) is 3.87. The zero-order valence-electron chi connectivity index (χ0n) is 19.4. The Bertz CT molecular complexity index is 1220. The molecule has 0 spiro atoms. The van der Waals surface area contributed by atoms with E-state index in [1.165, 1.54) is 4.88 Å². The van der Waals surface area contributed by atoms with Crippen LogP contribution >= 0.6 is 22.9 Å². The Balaban J connectivity index is 1.58. The maximum atomic E-state index is 13.9. The molecule has 3 heterocycles. The van der Waals surface area contributed by atoms with Gasteiger partial charge in [-0.25, -0.2) is 0 Å². The number of aryl methyl sites for hydroxylation is 1. The Morgan fingerprint density at radius 2 is 1.97 bits per heavy atom. The van der Waals surface area contributed by atoms with Crippen LogP contribution < -0.4 is 10.2 Å². The van der Waals surface area contributed by atoms with Crippen molar-refractivity contribution < 1.29 is 9.59 Å². The summed E-state index contributed by atoms with van der Waals surface area (Å²) in [5, 5.41) is 3.84. The SMILES string of the molecule is CCc1cc2c(cc3n2CC(C)(C(=O)NC2CCC(C)CC2)N(c2cccc(Cl)c2)C3=O)s1. The van der Waals surface area contributed by atoms with E-state index in [0.717, 1.165) is 42.3 Å². The molecule has 7 heteroatoms. The standard InChI is InChI=1S/C26H30ClN3O2S/c1-4-20-13-21-23(33-20)14-22-24(31)30(19-7-5-6-17(27)12-19)26(3,15-29(21)22)25(32)28-18-10-8-16(2)9-11-18/h5-7,12-14,16,18H,4,8-11,15H2,1-3H3,(H,28,32). The number of nitrogens with zero attached hydrogens (tertiary/aromatic N) is 2. The third-order valence-electron chi connectivity index (χ3n) is 7.28. The van der Waals surface area contributed by atoms with Crippen LogP contribution in [0.2, 0.25) is 5.02 Å². The van der Waals surface area contributed by atoms with Crippen LogP contribution in [0.15, 0.2) is 36.4 Å². The molecule has 1 aliphatic carbocycles. The minimum Gasteiger partial charge on any atom is -0.351 e. The molecule has 0 radical (unpaired) electrons. The Morgan fingerprint density at radius 1 is 1.21 bits per heavy atom. The molecule has 1 N–H and O–H groups in total. The highest BCUT2D eigenvalue weighted by Crippen LogP contribution is 2.39. The molecule has 2 aliphatic rings. The van der Waals surface area contributed by atoms with Gasteiger partial charge in [-0.05, 0) is 75.3 Å². The van der Waals surface area contributed by atoms with Gasteiger partial charge < -0.3 is 9.88 Å². The number of nitrogens with one attached hydrogen (secondary N) is 1. The van der Waals surface area contributed by atoms with Crippen molar-refractivity contribution in [1.82, 2.24) is 9.88 Å². The summed E-state index contributed by atoms with van der Waals surface area (Å²) in [5.41, 5.74) is 1.23. The maximum absolute atomic E-state index is 13.9. The van der Waals surface area contributed by atoms with Crippen molar-refractivity contribution in [3.63, 3.8) is 0 Å². The molecule has 5 nitrogen and oxygen atoms in total. The molecule has 0 saturated heterocycles. The first-order chi connectivity index (χ1) is 15.8. The van der Waals surface area contributed by atoms with Crippen LogP contribution in [-0.4, -0.2) is 28.0 Å². The highest BCUT2D eigenvalue weighted by molar-refractivity contribution is 7.19. The Hall–Kier alpha value is -2.31. The molecular weight excluding hydrogens is 454 g/mol. The molecule has 1 atom stereocenters. The van der Waals surface area contributed by atoms with Crippen molar-refractivity contribution in [2.75, 3.05) is 4.90 Å². The lowest BCUT2D eigenvalue weighted by Crippen LogP contribution is -2.65. The van der Waals surface area contributed by atoms with Gasteiger partial charge in [0.2, 0.25) is 5.91 Å². The van der Waals surface area contributed by atoms with Crippen LogP contribution in [0.1, 0.15) is 61.8 Å². The highest BCUT2D eigenvalue weighted by atomic mass is 35.5. The van der Waals surface area contributed by atoms with Gasteiger partial charge in [0.15, 0.2) is 0 Å². The third-order valence-corrected chi connectivity index (χ3v) is 8.73. The fourth-order valence-corrected chi connectivity index (χ4v) is 6.49. The second-order valence-corrected chi connectivity index (χ2v) is 11.4. The molecular formula is C26H30ClN3O2S. The van der Waals surface area contributed by atoms with Gasteiger partial charge in [0.05, 0.1) is 16.8 Å². The summed E-state index contributed by atoms with van der Waals surface area (Å²) in [6, 6.07) is 11.5. The van der Waals surface area contributed by atoms with Gasteiger partial charge in [-0.2, -0.15) is 0 Å². The van der Waals surface area contributed by atoms with Crippen LogP contribution in [0.25, 0.3) is 10.2 Å². The van der Waals surface area contributed by atoms with E-state index < -0.39 is 5.54 Å². The Kier molecular flexibility index (Phi) is 5.78. The highest BCUT2D eigenvalue weighted by Gasteiger charge is 2.49. The molecule has 1 aromatic carbocycles. The maximum Gasteiger partial charge on any atom is 0.275 e. The van der Waals surface area contributed by atoms with E-state index in [4.69, 9.17) is 11.6 Å². The first kappa shape index (κ1) is 22.5. The second kappa shape index (κ2) is 8.48. The number of rotatable bonds is 4. The van der Waals surface area contributed by atoms with Crippen molar-refractivity contribution in [2.45, 2.75) is 71.0 Å². The number of aromatic nitrogens is 1. The van der Waals surface area contributed by atoms with E-state index >= 15 is 0 Å². The number of halogens is 1. The number of anilines is 1. The van der Waals surface area contributed by atoms with Crippen molar-refractivity contribution in [3.8, 4) is 0 Å². The van der Waals surface area contributed by atoms with Crippen LogP contribution in [0.4, 0.5) is 5.69 Å². The number of thiophene rings is 1. The van der Waals surface area contributed by atoms with Gasteiger partial charge in [0.25, 0.3) is 5.91 Å². The Morgan fingerprint density at radius 3 is 2.67 bits per heavy atom. The minimum absolute atomic E-state index is 0.103. The first-order valence-corrected chi connectivity index (χ1v) is 13.0. The van der Waals surface area contributed by atoms with E-state index in [-0.39, 0.29) is 17.9 Å². The zero-order valence-corrected chi connectivity index (χ0v) is 20.9. The van der Waals surface area contributed by atoms with Crippen LogP contribution in [0, 0.1) is 5.92 Å². The van der Waals surface area contributed by atoms with Crippen molar-refractivity contribution >= 4 is 50.7 Å². The lowest BCUT2D eigenvalue weighted by atomic mass is 9.86. The average Bonchev–Trinajstić information content (AvgIpc) is 3.34. The number of hydrogen-bond acceptors (Lipinski definition) is 3. The van der Waals surface area contributed by atoms with Gasteiger partial charge in [0.1, 0.15) is 11.2 Å². The van der Waals surface area contributed by atoms with Crippen molar-refractivity contribution in [2.24, 2.45) is 5.92 Å². The van der Waals surface area contributed by atoms with Gasteiger partial charge in [-0.3, -0.25) is 14.5 Å². The molecule has 5 rings (SSSR count). The molecule has 174 valence electrons. The summed E-state index contributed by atoms with van der Waals surface area (Å²) in [7, 11) is 0. The number of amides is 2. The van der Waals surface area contributed by atoms with Gasteiger partial charge in [-0.15, -0.1) is 11.3 Å². The van der Waals surface area contributed by atoms with E-state index in [0.29, 0.717) is 28.9 Å². The summed E-state index contributed by atoms with van der Waals surface area (Å²) < 4.78 is 3.13. The summed E-state index contributed by atoms with van der Waals surface area (Å²) in [6.07, 6.45) is 5.16. The molecule has 0 bridgehead atoms. The van der Waals surface area contributed by atoms with E-state index in [1.807, 2.05) is 29.7 Å². The topological polar surface area (TPSA) is 54.3 Å². The van der Waals surface area contributed by atoms with Crippen molar-refractivity contribution in [1.29, 1.82) is 0 Å². The van der Waals surface area contributed by atoms with E-state index in [1.54, 1.807) is 28.4 Å². The van der Waals surface area contributed by atoms with Gasteiger partial charge >= 0.3 is 0 Å². The predicted octanol–water partition coefficient (Wildman–Crippen LogP) is 6.03. The molecule has 3 aromatic rings. The lowest BCUT2D eigenvalue weighted by molar-refractivity contribution is -0.127. The predicted molar refractivity (Wildman–Crippen MR) is 135 cm³/mol. The number of carbonyl (C=O) groups is 2. The van der Waals surface area contributed by atoms with E-state index in [2.05, 4.69) is 25.2 Å². The minimum atomic E-state index is -1.07. The smallest absolute Gasteiger partial charge is 0.275 e. The average molecular weight is 484 g/mol. The lowest BCUT2D eigenvalue weighted by Gasteiger charge is -2.45. The van der Waals surface area contributed by atoms with Crippen molar-refractivity contribution in [3.05, 3.63) is 52.0 Å². The summed E-state index contributed by atoms with van der Waals surface area (Å²) >= 11 is 8.01. The molecule has 2 aromatic heterocycles. The normalized spacial score (nSPS) is 25.3. The molecule has 1 unspecified atom stereocenters. The summed E-state index contributed by atoms with van der Waals surface area (Å²) in [6.45, 7) is 6.69. The molecule has 33 heavy (non-hydrogen) atoms. The summed E-state index contributed by atoms with van der Waals surface area (Å²) in [4.78, 5) is 30.7. The van der Waals surface area contributed by atoms with E-state index in [9.17, 15) is 9.59 Å². The van der Waals surface area contributed by atoms with Gasteiger partial charge in [-0.1, -0.05) is 31.5 Å². The molecule has 1 fully saturated rings. The monoisotopic (exact) mass is 483 g/mol. The van der Waals surface area contributed by atoms with Crippen LogP contribution in [0.5, 0.6) is 0 Å². The quantitative estimate of drug-likeness (QED) is 0.492. The Labute approximate surface area is 203 Å². The number of benzene rings is 1. The molecule has 1 aliphatic heterocycles. The fourth-order valence-electron chi connectivity index (χ4n) is 5.27.